The smallest absolute Gasteiger partial charge is 0.306 e. The van der Waals surface area contributed by atoms with Gasteiger partial charge in [0.15, 0.2) is 18.5 Å². The molecule has 0 saturated carbocycles. The van der Waals surface area contributed by atoms with Crippen LogP contribution >= 0.6 is 0 Å². The summed E-state index contributed by atoms with van der Waals surface area (Å²) in [5.74, 6) is -2.04. The maximum Gasteiger partial charge on any atom is 0.306 e. The molecule has 0 aromatic rings. The van der Waals surface area contributed by atoms with Gasteiger partial charge in [-0.1, -0.05) is 13.8 Å². The fraction of sp³-hybridized carbons (Fsp3) is 0.833. The van der Waals surface area contributed by atoms with Crippen LogP contribution < -0.4 is 0 Å². The molecule has 4 N–H and O–H groups in total. The van der Waals surface area contributed by atoms with Crippen LogP contribution in [0.25, 0.3) is 0 Å². The minimum atomic E-state index is -1.53. The average molecular weight is 438 g/mol. The van der Waals surface area contributed by atoms with Crippen molar-refractivity contribution in [3.63, 3.8) is 0 Å². The van der Waals surface area contributed by atoms with Crippen molar-refractivity contribution in [1.82, 2.24) is 0 Å². The Kier molecular flexibility index (Phi) is 11.2. The number of aliphatic hydroxyl groups is 4. The van der Waals surface area contributed by atoms with Gasteiger partial charge in [-0.05, 0) is 0 Å². The first-order chi connectivity index (χ1) is 14.1. The molecule has 0 aliphatic carbocycles. The summed E-state index contributed by atoms with van der Waals surface area (Å²) in [7, 11) is 0. The van der Waals surface area contributed by atoms with E-state index in [-0.39, 0.29) is 12.8 Å². The van der Waals surface area contributed by atoms with Gasteiger partial charge < -0.3 is 44.1 Å². The van der Waals surface area contributed by atoms with E-state index in [1.165, 1.54) is 13.8 Å². The molecule has 7 atom stereocenters. The minimum absolute atomic E-state index is 0.0277. The number of ether oxygens (including phenoxy) is 5. The van der Waals surface area contributed by atoms with Gasteiger partial charge in [-0.25, -0.2) is 0 Å². The zero-order valence-electron chi connectivity index (χ0n) is 17.1. The molecule has 0 radical (unpaired) electrons. The Morgan fingerprint density at radius 3 is 2.07 bits per heavy atom. The largest absolute Gasteiger partial charge is 0.463 e. The van der Waals surface area contributed by atoms with Crippen LogP contribution in [0.4, 0.5) is 0 Å². The van der Waals surface area contributed by atoms with Gasteiger partial charge in [-0.15, -0.1) is 0 Å². The Morgan fingerprint density at radius 1 is 1.00 bits per heavy atom. The molecule has 0 amide bonds. The molecule has 174 valence electrons. The van der Waals surface area contributed by atoms with Gasteiger partial charge >= 0.3 is 17.9 Å². The number of carbonyl (C=O) groups is 3. The van der Waals surface area contributed by atoms with Crippen molar-refractivity contribution < 1.29 is 58.5 Å². The van der Waals surface area contributed by atoms with Gasteiger partial charge in [0.1, 0.15) is 31.0 Å². The monoisotopic (exact) mass is 438 g/mol. The van der Waals surface area contributed by atoms with Gasteiger partial charge in [0.05, 0.1) is 13.2 Å². The van der Waals surface area contributed by atoms with Crippen molar-refractivity contribution in [2.45, 2.75) is 76.5 Å². The van der Waals surface area contributed by atoms with E-state index in [1.807, 2.05) is 0 Å². The van der Waals surface area contributed by atoms with Crippen molar-refractivity contribution in [2.24, 2.45) is 0 Å². The first-order valence-electron chi connectivity index (χ1n) is 9.58. The molecule has 1 fully saturated rings. The highest BCUT2D eigenvalue weighted by Gasteiger charge is 2.50. The highest BCUT2D eigenvalue weighted by Crippen LogP contribution is 2.28. The van der Waals surface area contributed by atoms with Crippen molar-refractivity contribution in [3.8, 4) is 0 Å². The van der Waals surface area contributed by atoms with Crippen LogP contribution in [-0.4, -0.2) is 101 Å². The summed E-state index contributed by atoms with van der Waals surface area (Å²) in [6.07, 6.45) is -10.1. The Balaban J connectivity index is 3.11. The summed E-state index contributed by atoms with van der Waals surface area (Å²) in [4.78, 5) is 34.9. The lowest BCUT2D eigenvalue weighted by molar-refractivity contribution is -0.311. The number of aliphatic hydroxyl groups excluding tert-OH is 4. The van der Waals surface area contributed by atoms with Gasteiger partial charge in [-0.2, -0.15) is 0 Å². The van der Waals surface area contributed by atoms with E-state index >= 15 is 0 Å². The Bertz CT molecular complexity index is 567. The highest BCUT2D eigenvalue weighted by atomic mass is 16.7. The lowest BCUT2D eigenvalue weighted by Gasteiger charge is -2.43. The topological polar surface area (TPSA) is 178 Å². The number of hydrogen-bond donors (Lipinski definition) is 4. The van der Waals surface area contributed by atoms with Gasteiger partial charge in [0.25, 0.3) is 0 Å². The van der Waals surface area contributed by atoms with Crippen LogP contribution in [0.3, 0.4) is 0 Å². The van der Waals surface area contributed by atoms with Crippen LogP contribution in [0.1, 0.15) is 33.6 Å². The standard InChI is InChI=1S/C18H30O12/c1-4-13(23)29-16-15(25)12(8-26-9(3)20)28-18(17(16)30-14(24)5-2)27-7-11(22)10(21)6-19/h10-12,15-19,21-22,25H,4-8H2,1-3H3/t10-,11+,12?,15+,16-,17?,18+/m0/s1. The molecular formula is C18H30O12. The molecule has 1 saturated heterocycles. The van der Waals surface area contributed by atoms with Crippen LogP contribution in [0.5, 0.6) is 0 Å². The van der Waals surface area contributed by atoms with E-state index < -0.39 is 80.6 Å². The molecule has 12 heteroatoms. The van der Waals surface area contributed by atoms with Crippen LogP contribution in [-0.2, 0) is 38.1 Å². The summed E-state index contributed by atoms with van der Waals surface area (Å²) >= 11 is 0. The molecule has 1 heterocycles. The zero-order chi connectivity index (χ0) is 22.8. The number of carbonyl (C=O) groups excluding carboxylic acids is 3. The third kappa shape index (κ3) is 7.78. The molecule has 0 bridgehead atoms. The maximum absolute atomic E-state index is 11.9. The Labute approximate surface area is 173 Å². The molecular weight excluding hydrogens is 408 g/mol. The molecule has 1 aliphatic heterocycles. The lowest BCUT2D eigenvalue weighted by atomic mass is 9.98. The second-order valence-electron chi connectivity index (χ2n) is 6.60. The van der Waals surface area contributed by atoms with E-state index in [1.54, 1.807) is 0 Å². The summed E-state index contributed by atoms with van der Waals surface area (Å²) in [6, 6.07) is 0. The minimum Gasteiger partial charge on any atom is -0.463 e. The SMILES string of the molecule is CCC(=O)OC1[C@H](OC[C@@H](O)[C@@H](O)CO)OC(COC(C)=O)[C@@H](O)[C@@H]1OC(=O)CC. The van der Waals surface area contributed by atoms with Crippen LogP contribution in [0.15, 0.2) is 0 Å². The second kappa shape index (κ2) is 12.8. The van der Waals surface area contributed by atoms with Crippen LogP contribution in [0, 0.1) is 0 Å². The van der Waals surface area contributed by atoms with Crippen LogP contribution in [0.2, 0.25) is 0 Å². The Hall–Kier alpha value is -1.83. The lowest BCUT2D eigenvalue weighted by Crippen LogP contribution is -2.62. The first kappa shape index (κ1) is 26.2. The number of rotatable bonds is 11. The fourth-order valence-corrected chi connectivity index (χ4v) is 2.52. The van der Waals surface area contributed by atoms with E-state index in [0.29, 0.717) is 0 Å². The molecule has 2 unspecified atom stereocenters. The maximum atomic E-state index is 11.9. The fourth-order valence-electron chi connectivity index (χ4n) is 2.52. The van der Waals surface area contributed by atoms with E-state index in [2.05, 4.69) is 0 Å². The summed E-state index contributed by atoms with van der Waals surface area (Å²) in [5, 5.41) is 38.8. The Morgan fingerprint density at radius 2 is 1.57 bits per heavy atom. The van der Waals surface area contributed by atoms with E-state index in [4.69, 9.17) is 28.8 Å². The quantitative estimate of drug-likeness (QED) is 0.206. The van der Waals surface area contributed by atoms with Crippen molar-refractivity contribution in [3.05, 3.63) is 0 Å². The van der Waals surface area contributed by atoms with E-state index in [9.17, 15) is 29.7 Å². The molecule has 12 nitrogen and oxygen atoms in total. The molecule has 1 rings (SSSR count). The van der Waals surface area contributed by atoms with Gasteiger partial charge in [0.2, 0.25) is 0 Å². The van der Waals surface area contributed by atoms with Gasteiger partial charge in [0, 0.05) is 19.8 Å². The van der Waals surface area contributed by atoms with Crippen molar-refractivity contribution in [2.75, 3.05) is 19.8 Å². The summed E-state index contributed by atoms with van der Waals surface area (Å²) in [5.41, 5.74) is 0. The third-order valence-electron chi connectivity index (χ3n) is 4.24. The summed E-state index contributed by atoms with van der Waals surface area (Å²) < 4.78 is 26.3. The van der Waals surface area contributed by atoms with Gasteiger partial charge in [-0.3, -0.25) is 14.4 Å². The molecule has 0 aromatic carbocycles. The van der Waals surface area contributed by atoms with E-state index in [0.717, 1.165) is 6.92 Å². The third-order valence-corrected chi connectivity index (χ3v) is 4.24. The average Bonchev–Trinajstić information content (AvgIpc) is 2.73. The van der Waals surface area contributed by atoms with Crippen molar-refractivity contribution in [1.29, 1.82) is 0 Å². The second-order valence-corrected chi connectivity index (χ2v) is 6.60. The zero-order valence-corrected chi connectivity index (χ0v) is 17.1. The predicted octanol–water partition coefficient (Wildman–Crippen LogP) is -1.99. The normalized spacial score (nSPS) is 28.3. The molecule has 0 spiro atoms. The summed E-state index contributed by atoms with van der Waals surface area (Å²) in [6.45, 7) is 2.52. The molecule has 30 heavy (non-hydrogen) atoms. The molecule has 0 aromatic heterocycles. The van der Waals surface area contributed by atoms with Crippen molar-refractivity contribution >= 4 is 17.9 Å². The predicted molar refractivity (Wildman–Crippen MR) is 96.7 cm³/mol. The number of hydrogen-bond acceptors (Lipinski definition) is 12. The highest BCUT2D eigenvalue weighted by molar-refractivity contribution is 5.70. The molecule has 1 aliphatic rings. The first-order valence-corrected chi connectivity index (χ1v) is 9.58. The number of esters is 3.